The molecule has 38 heavy (non-hydrogen) atoms. The molecule has 202 valence electrons. The first kappa shape index (κ1) is 28.2. The van der Waals surface area contributed by atoms with Gasteiger partial charge in [0.05, 0.1) is 39.6 Å². The van der Waals surface area contributed by atoms with Crippen LogP contribution in [0.5, 0.6) is 0 Å². The van der Waals surface area contributed by atoms with E-state index >= 15 is 0 Å². The Labute approximate surface area is 233 Å². The minimum Gasteiger partial charge on any atom is -0.466 e. The van der Waals surface area contributed by atoms with Gasteiger partial charge < -0.3 is 23.8 Å². The molecule has 1 aromatic carbocycles. The molecule has 0 unspecified atom stereocenters. The van der Waals surface area contributed by atoms with Crippen LogP contribution in [-0.4, -0.2) is 68.5 Å². The van der Waals surface area contributed by atoms with Crippen LogP contribution in [0.3, 0.4) is 0 Å². The standard InChI is InChI=1S/C26H27NO8S3/c1-8-27-14-12-10-9-11-13(14)15-20(25(27,2)3)36-17(22(29)33-5)16(21(28)32-4)26(15)37-18(23(30)34-6)19(38-26)24(31)35-7/h9-12H,8H2,1-7H3. The molecule has 1 aromatic rings. The Bertz CT molecular complexity index is 1320. The Morgan fingerprint density at radius 1 is 0.789 bits per heavy atom. The highest BCUT2D eigenvalue weighted by Crippen LogP contribution is 2.71. The molecule has 0 fully saturated rings. The van der Waals surface area contributed by atoms with Crippen LogP contribution in [0.2, 0.25) is 0 Å². The van der Waals surface area contributed by atoms with Gasteiger partial charge in [-0.1, -0.05) is 53.5 Å². The summed E-state index contributed by atoms with van der Waals surface area (Å²) >= 11 is 3.09. The Hall–Kier alpha value is -2.83. The summed E-state index contributed by atoms with van der Waals surface area (Å²) in [4.78, 5) is 55.6. The van der Waals surface area contributed by atoms with Gasteiger partial charge in [-0.2, -0.15) is 0 Å². The maximum absolute atomic E-state index is 13.5. The predicted molar refractivity (Wildman–Crippen MR) is 148 cm³/mol. The minimum absolute atomic E-state index is 0.0249. The maximum Gasteiger partial charge on any atom is 0.345 e. The van der Waals surface area contributed by atoms with Crippen LogP contribution in [0.1, 0.15) is 26.3 Å². The van der Waals surface area contributed by atoms with E-state index in [0.717, 1.165) is 51.4 Å². The highest BCUT2D eigenvalue weighted by Gasteiger charge is 2.61. The highest BCUT2D eigenvalue weighted by atomic mass is 32.2. The van der Waals surface area contributed by atoms with Crippen molar-refractivity contribution in [2.24, 2.45) is 0 Å². The first-order chi connectivity index (χ1) is 18.0. The molecule has 4 rings (SSSR count). The normalized spacial score (nSPS) is 19.2. The summed E-state index contributed by atoms with van der Waals surface area (Å²) in [6, 6.07) is 7.72. The number of hydrogen-bond acceptors (Lipinski definition) is 12. The van der Waals surface area contributed by atoms with E-state index in [1.54, 1.807) is 0 Å². The molecular formula is C26H27NO8S3. The number of nitrogens with zero attached hydrogens (tertiary/aromatic N) is 1. The second-order valence-corrected chi connectivity index (χ2v) is 12.5. The first-order valence-corrected chi connectivity index (χ1v) is 14.0. The van der Waals surface area contributed by atoms with Gasteiger partial charge in [0, 0.05) is 28.3 Å². The SMILES string of the molecule is CCN1c2ccccc2C2=C(SC(C(=O)OC)=C(C(=O)OC)C23SC(C(=O)OC)=C(C(=O)OC)S3)C1(C)C. The number of likely N-dealkylation sites (N-methyl/N-ethyl adjacent to an activating group) is 1. The number of fused-ring (bicyclic) bond motifs is 3. The summed E-state index contributed by atoms with van der Waals surface area (Å²) in [5.74, 6) is -3.04. The molecule has 12 heteroatoms. The first-order valence-electron chi connectivity index (χ1n) is 11.5. The monoisotopic (exact) mass is 577 g/mol. The van der Waals surface area contributed by atoms with Crippen molar-refractivity contribution in [3.05, 3.63) is 55.0 Å². The molecule has 9 nitrogen and oxygen atoms in total. The molecule has 3 aliphatic heterocycles. The lowest BCUT2D eigenvalue weighted by Gasteiger charge is -2.51. The summed E-state index contributed by atoms with van der Waals surface area (Å²) in [6.45, 7) is 6.76. The van der Waals surface area contributed by atoms with Crippen LogP contribution in [0, 0.1) is 0 Å². The lowest BCUT2D eigenvalue weighted by atomic mass is 9.83. The van der Waals surface area contributed by atoms with E-state index in [0.29, 0.717) is 12.1 Å². The van der Waals surface area contributed by atoms with E-state index < -0.39 is 33.5 Å². The van der Waals surface area contributed by atoms with E-state index in [1.807, 2.05) is 45.0 Å². The molecule has 0 N–H and O–H groups in total. The smallest absolute Gasteiger partial charge is 0.345 e. The third kappa shape index (κ3) is 4.04. The number of carbonyl (C=O) groups is 4. The van der Waals surface area contributed by atoms with Crippen molar-refractivity contribution in [3.8, 4) is 0 Å². The second kappa shape index (κ2) is 10.4. The topological polar surface area (TPSA) is 108 Å². The van der Waals surface area contributed by atoms with Gasteiger partial charge in [0.25, 0.3) is 0 Å². The maximum atomic E-state index is 13.5. The number of thioether (sulfide) groups is 3. The molecule has 3 aliphatic rings. The molecule has 0 bridgehead atoms. The van der Waals surface area contributed by atoms with Crippen LogP contribution in [0.15, 0.2) is 49.5 Å². The summed E-state index contributed by atoms with van der Waals surface area (Å²) in [6.07, 6.45) is 0. The van der Waals surface area contributed by atoms with Crippen molar-refractivity contribution in [1.82, 2.24) is 0 Å². The van der Waals surface area contributed by atoms with Crippen molar-refractivity contribution in [3.63, 3.8) is 0 Å². The number of anilines is 1. The molecule has 0 radical (unpaired) electrons. The van der Waals surface area contributed by atoms with Gasteiger partial charge in [-0.3, -0.25) is 0 Å². The second-order valence-electron chi connectivity index (χ2n) is 8.78. The number of esters is 4. The zero-order valence-corrected chi connectivity index (χ0v) is 24.4. The number of hydrogen-bond donors (Lipinski definition) is 0. The van der Waals surface area contributed by atoms with Gasteiger partial charge in [0.2, 0.25) is 0 Å². The third-order valence-corrected chi connectivity index (χ3v) is 11.2. The van der Waals surface area contributed by atoms with Crippen LogP contribution < -0.4 is 4.90 Å². The molecule has 0 saturated carbocycles. The highest BCUT2D eigenvalue weighted by molar-refractivity contribution is 8.26. The van der Waals surface area contributed by atoms with E-state index in [9.17, 15) is 19.2 Å². The van der Waals surface area contributed by atoms with Crippen molar-refractivity contribution in [1.29, 1.82) is 0 Å². The fraction of sp³-hybridized carbons (Fsp3) is 0.385. The van der Waals surface area contributed by atoms with Gasteiger partial charge in [0.15, 0.2) is 0 Å². The number of ether oxygens (including phenoxy) is 4. The van der Waals surface area contributed by atoms with Crippen LogP contribution in [0.25, 0.3) is 5.57 Å². The minimum atomic E-state index is -1.46. The zero-order chi connectivity index (χ0) is 28.0. The average molecular weight is 578 g/mol. The largest absolute Gasteiger partial charge is 0.466 e. The number of benzene rings is 1. The van der Waals surface area contributed by atoms with Gasteiger partial charge in [0.1, 0.15) is 18.8 Å². The molecule has 0 aromatic heterocycles. The third-order valence-electron chi connectivity index (χ3n) is 6.53. The predicted octanol–water partition coefficient (Wildman–Crippen LogP) is 4.10. The van der Waals surface area contributed by atoms with Crippen LogP contribution >= 0.6 is 35.3 Å². The lowest BCUT2D eigenvalue weighted by molar-refractivity contribution is -0.138. The zero-order valence-electron chi connectivity index (χ0n) is 22.0. The Morgan fingerprint density at radius 2 is 1.29 bits per heavy atom. The van der Waals surface area contributed by atoms with E-state index in [-0.39, 0.29) is 20.3 Å². The molecular weight excluding hydrogens is 550 g/mol. The van der Waals surface area contributed by atoms with E-state index in [4.69, 9.17) is 18.9 Å². The summed E-state index contributed by atoms with van der Waals surface area (Å²) < 4.78 is 18.8. The quantitative estimate of drug-likeness (QED) is 0.371. The lowest BCUT2D eigenvalue weighted by Crippen LogP contribution is -2.51. The average Bonchev–Trinajstić information content (AvgIpc) is 3.31. The number of para-hydroxylation sites is 1. The van der Waals surface area contributed by atoms with Crippen molar-refractivity contribution in [2.45, 2.75) is 30.4 Å². The summed E-state index contributed by atoms with van der Waals surface area (Å²) in [5, 5.41) is 0. The fourth-order valence-corrected chi connectivity index (χ4v) is 9.97. The van der Waals surface area contributed by atoms with Crippen LogP contribution in [-0.2, 0) is 38.1 Å². The Kier molecular flexibility index (Phi) is 7.70. The summed E-state index contributed by atoms with van der Waals surface area (Å²) in [7, 11) is 4.85. The molecule has 3 heterocycles. The van der Waals surface area contributed by atoms with Gasteiger partial charge >= 0.3 is 23.9 Å². The molecule has 0 saturated heterocycles. The Morgan fingerprint density at radius 3 is 1.79 bits per heavy atom. The van der Waals surface area contributed by atoms with Gasteiger partial charge in [-0.25, -0.2) is 19.2 Å². The van der Waals surface area contributed by atoms with Gasteiger partial charge in [-0.05, 0) is 26.8 Å². The van der Waals surface area contributed by atoms with E-state index in [2.05, 4.69) is 4.90 Å². The van der Waals surface area contributed by atoms with E-state index in [1.165, 1.54) is 28.4 Å². The number of carbonyl (C=O) groups excluding carboxylic acids is 4. The molecule has 0 atom stereocenters. The molecule has 0 amide bonds. The van der Waals surface area contributed by atoms with Crippen LogP contribution in [0.4, 0.5) is 5.69 Å². The van der Waals surface area contributed by atoms with Crippen molar-refractivity contribution < 1.29 is 38.1 Å². The molecule has 1 spiro atoms. The molecule has 0 aliphatic carbocycles. The van der Waals surface area contributed by atoms with Crippen molar-refractivity contribution in [2.75, 3.05) is 39.9 Å². The van der Waals surface area contributed by atoms with Crippen molar-refractivity contribution >= 4 is 70.4 Å². The van der Waals surface area contributed by atoms with Gasteiger partial charge in [-0.15, -0.1) is 0 Å². The Balaban J connectivity index is 2.15. The number of rotatable bonds is 5. The summed E-state index contributed by atoms with van der Waals surface area (Å²) in [5.41, 5.74) is 1.74. The number of methoxy groups -OCH3 is 4. The fourth-order valence-electron chi connectivity index (χ4n) is 4.89.